The maximum Gasteiger partial charge on any atom is 0.304 e. The van der Waals surface area contributed by atoms with Crippen molar-refractivity contribution in [3.8, 4) is 0 Å². The molecular formula is C33H43N5O6. The van der Waals surface area contributed by atoms with Gasteiger partial charge in [0.05, 0.1) is 17.8 Å². The summed E-state index contributed by atoms with van der Waals surface area (Å²) in [6, 6.07) is 5.12. The molecule has 2 amide bonds. The minimum atomic E-state index is -1.88. The molecule has 2 aromatic rings. The summed E-state index contributed by atoms with van der Waals surface area (Å²) in [5.74, 6) is -1.74. The predicted octanol–water partition coefficient (Wildman–Crippen LogP) is 3.95. The van der Waals surface area contributed by atoms with E-state index in [1.54, 1.807) is 40.9 Å². The molecule has 0 spiro atoms. The Bertz CT molecular complexity index is 1470. The second-order valence-corrected chi connectivity index (χ2v) is 11.7. The Kier molecular flexibility index (Phi) is 10.5. The van der Waals surface area contributed by atoms with Gasteiger partial charge in [0.15, 0.2) is 11.8 Å². The number of allylic oxidation sites excluding steroid dienone is 4. The highest BCUT2D eigenvalue weighted by atomic mass is 16.6. The zero-order valence-corrected chi connectivity index (χ0v) is 26.2. The first-order chi connectivity index (χ1) is 20.9. The van der Waals surface area contributed by atoms with Crippen molar-refractivity contribution in [3.05, 3.63) is 71.1 Å². The van der Waals surface area contributed by atoms with Crippen LogP contribution in [0.2, 0.25) is 0 Å². The number of aliphatic hydroxyl groups excluding tert-OH is 1. The van der Waals surface area contributed by atoms with E-state index < -0.39 is 29.6 Å². The molecule has 3 atom stereocenters. The fourth-order valence-electron chi connectivity index (χ4n) is 5.51. The van der Waals surface area contributed by atoms with E-state index in [9.17, 15) is 19.5 Å². The maximum atomic E-state index is 14.0. The topological polar surface area (TPSA) is 138 Å². The summed E-state index contributed by atoms with van der Waals surface area (Å²) in [6.07, 6.45) is 11.9. The number of β-lactam (4-membered cyclic amide) rings is 1. The molecule has 2 aliphatic rings. The summed E-state index contributed by atoms with van der Waals surface area (Å²) in [6.45, 7) is 10.1. The number of aromatic nitrogens is 3. The Morgan fingerprint density at radius 2 is 1.95 bits per heavy atom. The number of carbonyl (C=O) groups excluding carboxylic acids is 3. The van der Waals surface area contributed by atoms with Crippen LogP contribution in [-0.4, -0.2) is 62.4 Å². The molecule has 11 nitrogen and oxygen atoms in total. The first-order valence-corrected chi connectivity index (χ1v) is 15.1. The normalized spacial score (nSPS) is 20.6. The standard InChI is InChI=1S/C33H43N5O6/c1-22(2)9-8-10-23(3)14-17-37-29-13-12-27(38-30(41)20-31(38)44-25(5)40)19-28(29)33(43,32(37)42)24(4)11-6-7-16-36-21-26(15-18-39)34-35-36/h6,9,11-14,19,21,24,31,39,43H,7-8,10,15-18,20H2,1-5H3/b11-6+,23-14+/t24-,31?,33+/m0/s1. The smallest absolute Gasteiger partial charge is 0.304 e. The van der Waals surface area contributed by atoms with E-state index in [0.29, 0.717) is 48.6 Å². The van der Waals surface area contributed by atoms with E-state index in [2.05, 4.69) is 30.2 Å². The van der Waals surface area contributed by atoms with Gasteiger partial charge in [0.2, 0.25) is 5.91 Å². The Morgan fingerprint density at radius 1 is 1.18 bits per heavy atom. The van der Waals surface area contributed by atoms with Crippen LogP contribution >= 0.6 is 0 Å². The van der Waals surface area contributed by atoms with Gasteiger partial charge in [-0.05, 0) is 58.2 Å². The van der Waals surface area contributed by atoms with Crippen molar-refractivity contribution in [3.63, 3.8) is 0 Å². The Hall–Kier alpha value is -4.09. The molecule has 0 radical (unpaired) electrons. The number of benzene rings is 1. The van der Waals surface area contributed by atoms with Gasteiger partial charge in [0.1, 0.15) is 0 Å². The summed E-state index contributed by atoms with van der Waals surface area (Å²) in [5, 5.41) is 29.3. The minimum absolute atomic E-state index is 0.00448. The molecule has 1 aromatic heterocycles. The lowest BCUT2D eigenvalue weighted by atomic mass is 9.82. The molecule has 1 fully saturated rings. The number of carbonyl (C=O) groups is 3. The van der Waals surface area contributed by atoms with Crippen molar-refractivity contribution in [1.29, 1.82) is 0 Å². The molecule has 1 aromatic carbocycles. The van der Waals surface area contributed by atoms with Gasteiger partial charge in [-0.1, -0.05) is 47.6 Å². The summed E-state index contributed by atoms with van der Waals surface area (Å²) in [7, 11) is 0. The molecule has 44 heavy (non-hydrogen) atoms. The number of aliphatic hydroxyl groups is 2. The average molecular weight is 606 g/mol. The molecule has 236 valence electrons. The van der Waals surface area contributed by atoms with Crippen LogP contribution in [0.25, 0.3) is 0 Å². The Labute approximate surface area is 258 Å². The molecular weight excluding hydrogens is 562 g/mol. The van der Waals surface area contributed by atoms with E-state index in [-0.39, 0.29) is 18.9 Å². The molecule has 2 aliphatic heterocycles. The fraction of sp³-hybridized carbons (Fsp3) is 0.485. The Balaban J connectivity index is 1.59. The first-order valence-electron chi connectivity index (χ1n) is 15.1. The van der Waals surface area contributed by atoms with Crippen LogP contribution in [0.3, 0.4) is 0 Å². The molecule has 1 saturated heterocycles. The lowest BCUT2D eigenvalue weighted by Crippen LogP contribution is -2.55. The number of nitrogens with zero attached hydrogens (tertiary/aromatic N) is 5. The van der Waals surface area contributed by atoms with E-state index in [4.69, 9.17) is 9.84 Å². The molecule has 0 bridgehead atoms. The third-order valence-corrected chi connectivity index (χ3v) is 8.02. The molecule has 4 rings (SSSR count). The van der Waals surface area contributed by atoms with Gasteiger partial charge in [-0.3, -0.25) is 24.0 Å². The van der Waals surface area contributed by atoms with Gasteiger partial charge in [0, 0.05) is 56.4 Å². The number of fused-ring (bicyclic) bond motifs is 1. The summed E-state index contributed by atoms with van der Waals surface area (Å²) < 4.78 is 6.98. The van der Waals surface area contributed by atoms with Gasteiger partial charge < -0.3 is 19.8 Å². The summed E-state index contributed by atoms with van der Waals surface area (Å²) >= 11 is 0. The predicted molar refractivity (Wildman–Crippen MR) is 167 cm³/mol. The number of amides is 2. The minimum Gasteiger partial charge on any atom is -0.441 e. The number of ether oxygens (including phenoxy) is 1. The second-order valence-electron chi connectivity index (χ2n) is 11.7. The van der Waals surface area contributed by atoms with Crippen molar-refractivity contribution in [2.45, 2.75) is 85.1 Å². The number of hydrogen-bond acceptors (Lipinski definition) is 8. The summed E-state index contributed by atoms with van der Waals surface area (Å²) in [4.78, 5) is 41.1. The highest BCUT2D eigenvalue weighted by Crippen LogP contribution is 2.47. The lowest BCUT2D eigenvalue weighted by molar-refractivity contribution is -0.153. The van der Waals surface area contributed by atoms with Crippen LogP contribution in [0.4, 0.5) is 11.4 Å². The molecule has 1 unspecified atom stereocenters. The van der Waals surface area contributed by atoms with E-state index in [1.807, 2.05) is 25.2 Å². The van der Waals surface area contributed by atoms with E-state index >= 15 is 0 Å². The van der Waals surface area contributed by atoms with Crippen molar-refractivity contribution in [1.82, 2.24) is 15.0 Å². The number of aryl methyl sites for hydroxylation is 1. The quantitative estimate of drug-likeness (QED) is 0.188. The van der Waals surface area contributed by atoms with Crippen LogP contribution in [0, 0.1) is 5.92 Å². The zero-order chi connectivity index (χ0) is 32.0. The van der Waals surface area contributed by atoms with Crippen molar-refractivity contribution in [2.24, 2.45) is 5.92 Å². The monoisotopic (exact) mass is 605 g/mol. The maximum absolute atomic E-state index is 14.0. The second kappa shape index (κ2) is 14.1. The number of hydrogen-bond donors (Lipinski definition) is 2. The van der Waals surface area contributed by atoms with Gasteiger partial charge in [0.25, 0.3) is 5.91 Å². The fourth-order valence-corrected chi connectivity index (χ4v) is 5.51. The highest BCUT2D eigenvalue weighted by molar-refractivity contribution is 6.08. The largest absolute Gasteiger partial charge is 0.441 e. The van der Waals surface area contributed by atoms with Crippen LogP contribution in [0.1, 0.15) is 71.6 Å². The van der Waals surface area contributed by atoms with Crippen LogP contribution in [0.15, 0.2) is 59.8 Å². The lowest BCUT2D eigenvalue weighted by Gasteiger charge is -2.39. The molecule has 0 aliphatic carbocycles. The van der Waals surface area contributed by atoms with Crippen LogP contribution in [0.5, 0.6) is 0 Å². The van der Waals surface area contributed by atoms with Crippen LogP contribution in [-0.2, 0) is 37.7 Å². The van der Waals surface area contributed by atoms with Crippen molar-refractivity contribution < 1.29 is 29.3 Å². The Morgan fingerprint density at radius 3 is 2.64 bits per heavy atom. The van der Waals surface area contributed by atoms with Gasteiger partial charge in [-0.2, -0.15) is 0 Å². The van der Waals surface area contributed by atoms with Gasteiger partial charge >= 0.3 is 5.97 Å². The van der Waals surface area contributed by atoms with E-state index in [1.165, 1.54) is 17.4 Å². The highest BCUT2D eigenvalue weighted by Gasteiger charge is 2.53. The number of esters is 1. The third kappa shape index (κ3) is 7.16. The number of anilines is 2. The SMILES string of the molecule is CC(=O)OC1CC(=O)N1c1ccc2c(c1)[C@](O)([C@@H](C)/C=C/CCn1cc(CCO)nn1)C(=O)N2C/C=C(\C)CCC=C(C)C. The van der Waals surface area contributed by atoms with Gasteiger partial charge in [-0.25, -0.2) is 0 Å². The summed E-state index contributed by atoms with van der Waals surface area (Å²) in [5.41, 5.74) is 2.66. The molecule has 2 N–H and O–H groups in total. The van der Waals surface area contributed by atoms with Gasteiger partial charge in [-0.15, -0.1) is 5.10 Å². The molecule has 3 heterocycles. The molecule has 0 saturated carbocycles. The van der Waals surface area contributed by atoms with Crippen molar-refractivity contribution in [2.75, 3.05) is 23.0 Å². The van der Waals surface area contributed by atoms with Crippen molar-refractivity contribution >= 4 is 29.2 Å². The number of rotatable bonds is 14. The zero-order valence-electron chi connectivity index (χ0n) is 26.2. The van der Waals surface area contributed by atoms with E-state index in [0.717, 1.165) is 18.4 Å². The van der Waals surface area contributed by atoms with Crippen LogP contribution < -0.4 is 9.80 Å². The molecule has 11 heteroatoms. The first kappa shape index (κ1) is 32.8. The third-order valence-electron chi connectivity index (χ3n) is 8.02. The average Bonchev–Trinajstić information content (AvgIpc) is 3.49.